The molecule has 3 heterocycles. The van der Waals surface area contributed by atoms with Crippen LogP contribution in [-0.4, -0.2) is 38.2 Å². The van der Waals surface area contributed by atoms with Crippen molar-refractivity contribution in [2.75, 3.05) is 6.54 Å². The smallest absolute Gasteiger partial charge is 0.268 e. The van der Waals surface area contributed by atoms with Crippen molar-refractivity contribution in [1.82, 2.24) is 14.5 Å². The zero-order valence-electron chi connectivity index (χ0n) is 20.0. The molecule has 4 aromatic rings. The zero-order chi connectivity index (χ0) is 24.4. The minimum atomic E-state index is -0.338. The van der Waals surface area contributed by atoms with Gasteiger partial charge in [-0.25, -0.2) is 4.98 Å². The minimum absolute atomic E-state index is 0.104. The molecule has 0 radical (unpaired) electrons. The van der Waals surface area contributed by atoms with Crippen molar-refractivity contribution in [2.45, 2.75) is 56.0 Å². The summed E-state index contributed by atoms with van der Waals surface area (Å²) in [5.74, 6) is 0.131. The molecule has 2 atom stereocenters. The molecule has 1 saturated heterocycles. The first-order chi connectivity index (χ1) is 17.1. The maximum Gasteiger partial charge on any atom is 0.268 e. The number of aromatic nitrogens is 2. The van der Waals surface area contributed by atoms with E-state index in [0.29, 0.717) is 21.4 Å². The Kier molecular flexibility index (Phi) is 7.07. The van der Waals surface area contributed by atoms with Gasteiger partial charge >= 0.3 is 0 Å². The summed E-state index contributed by atoms with van der Waals surface area (Å²) < 4.78 is 1.67. The molecular weight excluding hydrogens is 474 g/mol. The van der Waals surface area contributed by atoms with Gasteiger partial charge in [-0.3, -0.25) is 14.2 Å². The van der Waals surface area contributed by atoms with Crippen LogP contribution in [0, 0.1) is 0 Å². The molecule has 0 N–H and O–H groups in total. The Bertz CT molecular complexity index is 1380. The van der Waals surface area contributed by atoms with Crippen LogP contribution >= 0.6 is 23.1 Å². The molecular formula is C28H29N3O2S2. The van der Waals surface area contributed by atoms with Crippen molar-refractivity contribution in [3.63, 3.8) is 0 Å². The molecule has 2 aromatic heterocycles. The number of likely N-dealkylation sites (tertiary alicyclic amines) is 1. The Balaban J connectivity index is 1.58. The Labute approximate surface area is 213 Å². The van der Waals surface area contributed by atoms with E-state index in [1.54, 1.807) is 4.57 Å². The Morgan fingerprint density at radius 3 is 2.54 bits per heavy atom. The van der Waals surface area contributed by atoms with Gasteiger partial charge in [0, 0.05) is 23.5 Å². The quantitative estimate of drug-likeness (QED) is 0.226. The standard InChI is InChI=1S/C28H29N3O2S2/c1-3-21-14-10-11-17-30(21)26(32)19(2)35-28-29-25-24(23(18-34-25)20-12-6-4-7-13-20)27(33)31(28)22-15-8-5-9-16-22/h4-9,12-13,15-16,18-19,21H,3,10-11,14,17H2,1-2H3/t19-,21-/m1/s1. The number of hydrogen-bond acceptors (Lipinski definition) is 5. The van der Waals surface area contributed by atoms with E-state index in [0.717, 1.165) is 42.6 Å². The van der Waals surface area contributed by atoms with Gasteiger partial charge in [-0.05, 0) is 50.3 Å². The lowest BCUT2D eigenvalue weighted by Crippen LogP contribution is -2.46. The van der Waals surface area contributed by atoms with Crippen LogP contribution in [0.5, 0.6) is 0 Å². The predicted octanol–water partition coefficient (Wildman–Crippen LogP) is 6.39. The van der Waals surface area contributed by atoms with Crippen LogP contribution in [0.25, 0.3) is 27.0 Å². The van der Waals surface area contributed by atoms with Crippen LogP contribution in [-0.2, 0) is 4.79 Å². The fourth-order valence-electron chi connectivity index (χ4n) is 4.84. The van der Waals surface area contributed by atoms with Crippen molar-refractivity contribution in [1.29, 1.82) is 0 Å². The lowest BCUT2D eigenvalue weighted by atomic mass is 10.00. The van der Waals surface area contributed by atoms with Crippen LogP contribution in [0.2, 0.25) is 0 Å². The maximum atomic E-state index is 14.0. The van der Waals surface area contributed by atoms with E-state index in [1.807, 2.05) is 77.9 Å². The van der Waals surface area contributed by atoms with E-state index < -0.39 is 0 Å². The highest BCUT2D eigenvalue weighted by Gasteiger charge is 2.30. The largest absolute Gasteiger partial charge is 0.339 e. The molecule has 0 saturated carbocycles. The van der Waals surface area contributed by atoms with Crippen molar-refractivity contribution >= 4 is 39.2 Å². The molecule has 0 unspecified atom stereocenters. The van der Waals surface area contributed by atoms with Crippen LogP contribution in [0.1, 0.15) is 39.5 Å². The number of carbonyl (C=O) groups excluding carboxylic acids is 1. The van der Waals surface area contributed by atoms with Crippen molar-refractivity contribution in [2.24, 2.45) is 0 Å². The summed E-state index contributed by atoms with van der Waals surface area (Å²) in [4.78, 5) is 35.1. The number of para-hydroxylation sites is 1. The molecule has 1 amide bonds. The third kappa shape index (κ3) is 4.67. The molecule has 0 aliphatic carbocycles. The second kappa shape index (κ2) is 10.4. The van der Waals surface area contributed by atoms with Crippen molar-refractivity contribution < 1.29 is 4.79 Å². The Hall–Kier alpha value is -2.90. The summed E-state index contributed by atoms with van der Waals surface area (Å²) in [6.07, 6.45) is 4.27. The normalized spacial score (nSPS) is 17.0. The number of fused-ring (bicyclic) bond motifs is 1. The Morgan fingerprint density at radius 2 is 1.83 bits per heavy atom. The number of amides is 1. The summed E-state index contributed by atoms with van der Waals surface area (Å²) in [6.45, 7) is 4.90. The summed E-state index contributed by atoms with van der Waals surface area (Å²) in [5.41, 5.74) is 2.54. The van der Waals surface area contributed by atoms with Gasteiger partial charge in [0.25, 0.3) is 5.56 Å². The van der Waals surface area contributed by atoms with Gasteiger partial charge in [-0.2, -0.15) is 0 Å². The molecule has 1 aliphatic heterocycles. The number of thioether (sulfide) groups is 1. The maximum absolute atomic E-state index is 14.0. The second-order valence-corrected chi connectivity index (χ2v) is 11.1. The highest BCUT2D eigenvalue weighted by atomic mass is 32.2. The fourth-order valence-corrected chi connectivity index (χ4v) is 6.83. The number of benzene rings is 2. The second-order valence-electron chi connectivity index (χ2n) is 8.92. The molecule has 0 bridgehead atoms. The predicted molar refractivity (Wildman–Crippen MR) is 146 cm³/mol. The zero-order valence-corrected chi connectivity index (χ0v) is 21.6. The van der Waals surface area contributed by atoms with Crippen LogP contribution in [0.15, 0.2) is 76.0 Å². The highest BCUT2D eigenvalue weighted by molar-refractivity contribution is 8.00. The third-order valence-corrected chi connectivity index (χ3v) is 8.60. The number of hydrogen-bond donors (Lipinski definition) is 0. The highest BCUT2D eigenvalue weighted by Crippen LogP contribution is 2.34. The van der Waals surface area contributed by atoms with Gasteiger partial charge in [0.05, 0.1) is 16.3 Å². The monoisotopic (exact) mass is 503 g/mol. The third-order valence-electron chi connectivity index (χ3n) is 6.69. The molecule has 35 heavy (non-hydrogen) atoms. The lowest BCUT2D eigenvalue weighted by molar-refractivity contribution is -0.134. The van der Waals surface area contributed by atoms with E-state index >= 15 is 0 Å². The summed E-state index contributed by atoms with van der Waals surface area (Å²) in [7, 11) is 0. The molecule has 5 nitrogen and oxygen atoms in total. The molecule has 5 rings (SSSR count). The van der Waals surface area contributed by atoms with Crippen LogP contribution in [0.3, 0.4) is 0 Å². The van der Waals surface area contributed by atoms with E-state index in [4.69, 9.17) is 4.98 Å². The van der Waals surface area contributed by atoms with Gasteiger partial charge in [0.15, 0.2) is 5.16 Å². The van der Waals surface area contributed by atoms with E-state index in [-0.39, 0.29) is 16.7 Å². The first kappa shape index (κ1) is 23.8. The summed E-state index contributed by atoms with van der Waals surface area (Å²) in [5, 5.41) is 2.85. The van der Waals surface area contributed by atoms with Crippen LogP contribution in [0.4, 0.5) is 0 Å². The number of nitrogens with zero attached hydrogens (tertiary/aromatic N) is 3. The number of piperidine rings is 1. The van der Waals surface area contributed by atoms with Gasteiger partial charge < -0.3 is 4.90 Å². The molecule has 1 fully saturated rings. The Morgan fingerprint density at radius 1 is 1.11 bits per heavy atom. The molecule has 7 heteroatoms. The SMILES string of the molecule is CC[C@@H]1CCCCN1C(=O)[C@@H](C)Sc1nc2scc(-c3ccccc3)c2c(=O)n1-c1ccccc1. The first-order valence-electron chi connectivity index (χ1n) is 12.2. The van der Waals surface area contributed by atoms with Gasteiger partial charge in [0.1, 0.15) is 4.83 Å². The first-order valence-corrected chi connectivity index (χ1v) is 14.0. The average Bonchev–Trinajstić information content (AvgIpc) is 3.33. The van der Waals surface area contributed by atoms with E-state index in [9.17, 15) is 9.59 Å². The van der Waals surface area contributed by atoms with Crippen molar-refractivity contribution in [3.8, 4) is 16.8 Å². The molecule has 2 aromatic carbocycles. The average molecular weight is 504 g/mol. The lowest BCUT2D eigenvalue weighted by Gasteiger charge is -2.36. The van der Waals surface area contributed by atoms with Gasteiger partial charge in [0.2, 0.25) is 5.91 Å². The van der Waals surface area contributed by atoms with E-state index in [1.165, 1.54) is 29.5 Å². The molecule has 0 spiro atoms. The van der Waals surface area contributed by atoms with Gasteiger partial charge in [-0.1, -0.05) is 67.2 Å². The fraction of sp³-hybridized carbons (Fsp3) is 0.321. The number of rotatable bonds is 6. The molecule has 1 aliphatic rings. The van der Waals surface area contributed by atoms with Gasteiger partial charge in [-0.15, -0.1) is 11.3 Å². The molecule has 180 valence electrons. The minimum Gasteiger partial charge on any atom is -0.339 e. The van der Waals surface area contributed by atoms with Crippen LogP contribution < -0.4 is 5.56 Å². The number of thiophene rings is 1. The van der Waals surface area contributed by atoms with E-state index in [2.05, 4.69) is 6.92 Å². The summed E-state index contributed by atoms with van der Waals surface area (Å²) >= 11 is 2.86. The van der Waals surface area contributed by atoms with Crippen molar-refractivity contribution in [3.05, 3.63) is 76.4 Å². The summed E-state index contributed by atoms with van der Waals surface area (Å²) in [6, 6.07) is 19.8. The number of carbonyl (C=O) groups is 1. The topological polar surface area (TPSA) is 55.2 Å².